The molecule has 0 radical (unpaired) electrons. The van der Waals surface area contributed by atoms with Gasteiger partial charge in [0.1, 0.15) is 0 Å². The molecule has 0 saturated carbocycles. The van der Waals surface area contributed by atoms with Gasteiger partial charge in [-0.1, -0.05) is 43.7 Å². The molecule has 1 heterocycles. The molecular formula is C18H23N3O. The molecule has 116 valence electrons. The Morgan fingerprint density at radius 2 is 2.00 bits per heavy atom. The number of unbranched alkanes of at least 4 members (excludes halogenated alkanes) is 1. The number of pyridine rings is 1. The monoisotopic (exact) mass is 297 g/mol. The first-order valence-electron chi connectivity index (χ1n) is 7.75. The minimum atomic E-state index is -0.108. The molecule has 0 aliphatic rings. The van der Waals surface area contributed by atoms with Crippen molar-refractivity contribution < 1.29 is 4.79 Å². The highest BCUT2D eigenvalue weighted by Gasteiger charge is 2.11. The minimum Gasteiger partial charge on any atom is -0.384 e. The van der Waals surface area contributed by atoms with E-state index in [-0.39, 0.29) is 11.9 Å². The van der Waals surface area contributed by atoms with Crippen molar-refractivity contribution in [3.63, 3.8) is 0 Å². The Kier molecular flexibility index (Phi) is 5.95. The van der Waals surface area contributed by atoms with Crippen LogP contribution in [0, 0.1) is 0 Å². The molecule has 4 heteroatoms. The van der Waals surface area contributed by atoms with Crippen molar-refractivity contribution in [2.45, 2.75) is 32.7 Å². The van der Waals surface area contributed by atoms with Gasteiger partial charge in [0, 0.05) is 18.9 Å². The second-order valence-corrected chi connectivity index (χ2v) is 5.35. The van der Waals surface area contributed by atoms with Gasteiger partial charge in [-0.15, -0.1) is 0 Å². The minimum absolute atomic E-state index is 0.0367. The lowest BCUT2D eigenvalue weighted by Gasteiger charge is -2.14. The number of carbonyl (C=O) groups excluding carboxylic acids is 1. The van der Waals surface area contributed by atoms with Crippen molar-refractivity contribution in [1.29, 1.82) is 0 Å². The molecule has 1 unspecified atom stereocenters. The molecule has 2 N–H and O–H groups in total. The van der Waals surface area contributed by atoms with E-state index in [1.807, 2.05) is 43.3 Å². The van der Waals surface area contributed by atoms with Gasteiger partial charge >= 0.3 is 0 Å². The smallest absolute Gasteiger partial charge is 0.253 e. The topological polar surface area (TPSA) is 54.0 Å². The van der Waals surface area contributed by atoms with Gasteiger partial charge in [0.05, 0.1) is 17.3 Å². The highest BCUT2D eigenvalue weighted by molar-refractivity contribution is 5.94. The third-order valence-corrected chi connectivity index (χ3v) is 3.51. The molecule has 0 aliphatic carbocycles. The van der Waals surface area contributed by atoms with Gasteiger partial charge in [0.25, 0.3) is 5.91 Å². The van der Waals surface area contributed by atoms with Crippen molar-refractivity contribution in [2.24, 2.45) is 0 Å². The maximum atomic E-state index is 12.3. The van der Waals surface area contributed by atoms with Crippen LogP contribution >= 0.6 is 0 Å². The number of hydrogen-bond donors (Lipinski definition) is 2. The molecule has 0 bridgehead atoms. The molecule has 2 rings (SSSR count). The highest BCUT2D eigenvalue weighted by atomic mass is 16.1. The van der Waals surface area contributed by atoms with Gasteiger partial charge in [-0.25, -0.2) is 0 Å². The number of aromatic nitrogens is 1. The highest BCUT2D eigenvalue weighted by Crippen LogP contribution is 2.14. The summed E-state index contributed by atoms with van der Waals surface area (Å²) in [6.07, 6.45) is 5.57. The molecule has 1 amide bonds. The lowest BCUT2D eigenvalue weighted by Crippen LogP contribution is -2.26. The van der Waals surface area contributed by atoms with E-state index in [1.54, 1.807) is 12.4 Å². The van der Waals surface area contributed by atoms with Crippen LogP contribution in [0.2, 0.25) is 0 Å². The van der Waals surface area contributed by atoms with Crippen molar-refractivity contribution in [2.75, 3.05) is 11.9 Å². The molecule has 1 aromatic carbocycles. The van der Waals surface area contributed by atoms with E-state index in [1.165, 1.54) is 0 Å². The Morgan fingerprint density at radius 3 is 2.73 bits per heavy atom. The number of benzene rings is 1. The van der Waals surface area contributed by atoms with Crippen molar-refractivity contribution in [3.8, 4) is 0 Å². The number of nitrogens with one attached hydrogen (secondary N) is 2. The number of nitrogens with zero attached hydrogens (tertiary/aromatic N) is 1. The summed E-state index contributed by atoms with van der Waals surface area (Å²) < 4.78 is 0. The standard InChI is InChI=1S/C18H23N3O/c1-3-4-10-20-17-11-16(12-19-13-17)18(22)21-14(2)15-8-6-5-7-9-15/h5-9,11-14,20H,3-4,10H2,1-2H3,(H,21,22). The fourth-order valence-electron chi connectivity index (χ4n) is 2.18. The molecule has 0 aliphatic heterocycles. The third kappa shape index (κ3) is 4.58. The number of anilines is 1. The summed E-state index contributed by atoms with van der Waals surface area (Å²) in [6.45, 7) is 5.02. The summed E-state index contributed by atoms with van der Waals surface area (Å²) >= 11 is 0. The predicted molar refractivity (Wildman–Crippen MR) is 90.0 cm³/mol. The van der Waals surface area contributed by atoms with Gasteiger partial charge < -0.3 is 10.6 Å². The fraction of sp³-hybridized carbons (Fsp3) is 0.333. The van der Waals surface area contributed by atoms with Crippen LogP contribution in [-0.2, 0) is 0 Å². The molecule has 0 saturated heterocycles. The molecular weight excluding hydrogens is 274 g/mol. The SMILES string of the molecule is CCCCNc1cncc(C(=O)NC(C)c2ccccc2)c1. The molecule has 2 aromatic rings. The maximum absolute atomic E-state index is 12.3. The van der Waals surface area contributed by atoms with Crippen LogP contribution in [0.1, 0.15) is 48.7 Å². The summed E-state index contributed by atoms with van der Waals surface area (Å²) in [5.74, 6) is -0.108. The van der Waals surface area contributed by atoms with Crippen molar-refractivity contribution >= 4 is 11.6 Å². The van der Waals surface area contributed by atoms with E-state index in [0.29, 0.717) is 5.56 Å². The molecule has 1 aromatic heterocycles. The zero-order valence-corrected chi connectivity index (χ0v) is 13.2. The lowest BCUT2D eigenvalue weighted by molar-refractivity contribution is 0.0939. The quantitative estimate of drug-likeness (QED) is 0.765. The Hall–Kier alpha value is -2.36. The van der Waals surface area contributed by atoms with Crippen LogP contribution in [-0.4, -0.2) is 17.4 Å². The number of amides is 1. The molecule has 0 fully saturated rings. The summed E-state index contributed by atoms with van der Waals surface area (Å²) in [6, 6.07) is 11.7. The maximum Gasteiger partial charge on any atom is 0.253 e. The largest absolute Gasteiger partial charge is 0.384 e. The van der Waals surface area contributed by atoms with E-state index in [4.69, 9.17) is 0 Å². The molecule has 1 atom stereocenters. The fourth-order valence-corrected chi connectivity index (χ4v) is 2.18. The first-order valence-corrected chi connectivity index (χ1v) is 7.75. The van der Waals surface area contributed by atoms with Crippen LogP contribution < -0.4 is 10.6 Å². The molecule has 22 heavy (non-hydrogen) atoms. The molecule has 4 nitrogen and oxygen atoms in total. The lowest BCUT2D eigenvalue weighted by atomic mass is 10.1. The zero-order chi connectivity index (χ0) is 15.8. The average molecular weight is 297 g/mol. The summed E-state index contributed by atoms with van der Waals surface area (Å²) in [5.41, 5.74) is 2.54. The molecule has 0 spiro atoms. The van der Waals surface area contributed by atoms with Gasteiger partial charge in [-0.3, -0.25) is 9.78 Å². The summed E-state index contributed by atoms with van der Waals surface area (Å²) in [4.78, 5) is 16.5. The van der Waals surface area contributed by atoms with Crippen LogP contribution in [0.5, 0.6) is 0 Å². The Morgan fingerprint density at radius 1 is 1.23 bits per heavy atom. The van der Waals surface area contributed by atoms with Crippen LogP contribution in [0.15, 0.2) is 48.8 Å². The van der Waals surface area contributed by atoms with E-state index in [9.17, 15) is 4.79 Å². The number of hydrogen-bond acceptors (Lipinski definition) is 3. The second-order valence-electron chi connectivity index (χ2n) is 5.35. The van der Waals surface area contributed by atoms with Gasteiger partial charge in [0.15, 0.2) is 0 Å². The first kappa shape index (κ1) is 16.0. The van der Waals surface area contributed by atoms with Crippen molar-refractivity contribution in [3.05, 3.63) is 59.9 Å². The van der Waals surface area contributed by atoms with Crippen LogP contribution in [0.3, 0.4) is 0 Å². The predicted octanol–water partition coefficient (Wildman–Crippen LogP) is 3.78. The zero-order valence-electron chi connectivity index (χ0n) is 13.2. The van der Waals surface area contributed by atoms with Gasteiger partial charge in [-0.05, 0) is 25.0 Å². The Labute approximate surface area is 132 Å². The van der Waals surface area contributed by atoms with Gasteiger partial charge in [-0.2, -0.15) is 0 Å². The van der Waals surface area contributed by atoms with Crippen LogP contribution in [0.25, 0.3) is 0 Å². The van der Waals surface area contributed by atoms with E-state index < -0.39 is 0 Å². The third-order valence-electron chi connectivity index (χ3n) is 3.51. The Bertz CT molecular complexity index is 598. The second kappa shape index (κ2) is 8.17. The normalized spacial score (nSPS) is 11.7. The summed E-state index contributed by atoms with van der Waals surface area (Å²) in [5, 5.41) is 6.28. The van der Waals surface area contributed by atoms with E-state index in [2.05, 4.69) is 22.5 Å². The van der Waals surface area contributed by atoms with Crippen LogP contribution in [0.4, 0.5) is 5.69 Å². The number of rotatable bonds is 7. The average Bonchev–Trinajstić information content (AvgIpc) is 2.56. The summed E-state index contributed by atoms with van der Waals surface area (Å²) in [7, 11) is 0. The van der Waals surface area contributed by atoms with E-state index >= 15 is 0 Å². The number of carbonyl (C=O) groups is 1. The van der Waals surface area contributed by atoms with Crippen molar-refractivity contribution in [1.82, 2.24) is 10.3 Å². The van der Waals surface area contributed by atoms with Gasteiger partial charge in [0.2, 0.25) is 0 Å². The Balaban J connectivity index is 1.98. The van der Waals surface area contributed by atoms with E-state index in [0.717, 1.165) is 30.6 Å². The first-order chi connectivity index (χ1) is 10.7.